The van der Waals surface area contributed by atoms with Crippen LogP contribution in [0.2, 0.25) is 0 Å². The fraction of sp³-hybridized carbons (Fsp3) is 0.300. The molecule has 130 valence electrons. The molecule has 0 aliphatic carbocycles. The minimum absolute atomic E-state index is 0.00779. The van der Waals surface area contributed by atoms with Crippen LogP contribution in [-0.4, -0.2) is 5.97 Å². The monoisotopic (exact) mass is 340 g/mol. The van der Waals surface area contributed by atoms with E-state index in [0.29, 0.717) is 28.4 Å². The van der Waals surface area contributed by atoms with Crippen LogP contribution in [0.1, 0.15) is 52.6 Å². The summed E-state index contributed by atoms with van der Waals surface area (Å²) in [6.07, 6.45) is 1.44. The molecule has 0 N–H and O–H groups in total. The Hall–Kier alpha value is -2.82. The molecule has 1 aromatic carbocycles. The summed E-state index contributed by atoms with van der Waals surface area (Å²) in [4.78, 5) is 24.0. The fourth-order valence-corrected chi connectivity index (χ4v) is 2.95. The summed E-state index contributed by atoms with van der Waals surface area (Å²) in [5, 5.41) is 0.783. The van der Waals surface area contributed by atoms with Gasteiger partial charge in [-0.15, -0.1) is 0 Å². The molecule has 0 unspecified atom stereocenters. The molecule has 0 amide bonds. The Labute approximate surface area is 145 Å². The number of aryl methyl sites for hydroxylation is 2. The van der Waals surface area contributed by atoms with Crippen LogP contribution < -0.4 is 5.63 Å². The molecule has 0 spiro atoms. The van der Waals surface area contributed by atoms with Crippen LogP contribution in [0.15, 0.2) is 44.2 Å². The largest absolute Gasteiger partial charge is 0.469 e. The van der Waals surface area contributed by atoms with Gasteiger partial charge in [0.15, 0.2) is 0 Å². The standard InChI is InChI=1S/C20H20O5/c1-11(2)16-9-17-14(8-19(21)25-18(17)7-12(16)3)10-24-20(22)15-5-6-23-13(15)4/h5-9,11H,10H2,1-4H3. The Morgan fingerprint density at radius 1 is 1.20 bits per heavy atom. The van der Waals surface area contributed by atoms with E-state index >= 15 is 0 Å². The quantitative estimate of drug-likeness (QED) is 0.517. The Bertz CT molecular complexity index is 991. The molecule has 0 bridgehead atoms. The summed E-state index contributed by atoms with van der Waals surface area (Å²) < 4.78 is 15.8. The van der Waals surface area contributed by atoms with Crippen molar-refractivity contribution in [2.45, 2.75) is 40.2 Å². The topological polar surface area (TPSA) is 69.7 Å². The maximum Gasteiger partial charge on any atom is 0.342 e. The number of fused-ring (bicyclic) bond motifs is 1. The molecule has 0 aliphatic rings. The highest BCUT2D eigenvalue weighted by molar-refractivity contribution is 5.90. The third-order valence-electron chi connectivity index (χ3n) is 4.28. The van der Waals surface area contributed by atoms with Crippen molar-refractivity contribution in [3.05, 3.63) is 69.0 Å². The van der Waals surface area contributed by atoms with Gasteiger partial charge in [-0.1, -0.05) is 13.8 Å². The number of esters is 1. The number of hydrogen-bond acceptors (Lipinski definition) is 5. The zero-order valence-corrected chi connectivity index (χ0v) is 14.7. The van der Waals surface area contributed by atoms with Crippen molar-refractivity contribution in [1.82, 2.24) is 0 Å². The van der Waals surface area contributed by atoms with Crippen molar-refractivity contribution in [3.8, 4) is 0 Å². The highest BCUT2D eigenvalue weighted by Crippen LogP contribution is 2.27. The number of ether oxygens (including phenoxy) is 1. The van der Waals surface area contributed by atoms with E-state index < -0.39 is 11.6 Å². The smallest absolute Gasteiger partial charge is 0.342 e. The zero-order chi connectivity index (χ0) is 18.1. The van der Waals surface area contributed by atoms with Gasteiger partial charge < -0.3 is 13.6 Å². The van der Waals surface area contributed by atoms with Crippen molar-refractivity contribution in [1.29, 1.82) is 0 Å². The lowest BCUT2D eigenvalue weighted by molar-refractivity contribution is 0.0472. The molecule has 0 radical (unpaired) electrons. The van der Waals surface area contributed by atoms with Crippen molar-refractivity contribution in [2.75, 3.05) is 0 Å². The number of rotatable bonds is 4. The predicted molar refractivity (Wildman–Crippen MR) is 93.9 cm³/mol. The third-order valence-corrected chi connectivity index (χ3v) is 4.28. The number of hydrogen-bond donors (Lipinski definition) is 0. The zero-order valence-electron chi connectivity index (χ0n) is 14.7. The van der Waals surface area contributed by atoms with Crippen molar-refractivity contribution >= 4 is 16.9 Å². The summed E-state index contributed by atoms with van der Waals surface area (Å²) >= 11 is 0. The Morgan fingerprint density at radius 2 is 1.96 bits per heavy atom. The van der Waals surface area contributed by atoms with Crippen LogP contribution in [0.5, 0.6) is 0 Å². The second-order valence-corrected chi connectivity index (χ2v) is 6.42. The van der Waals surface area contributed by atoms with Crippen LogP contribution >= 0.6 is 0 Å². The highest BCUT2D eigenvalue weighted by atomic mass is 16.5. The first kappa shape index (κ1) is 17.0. The average Bonchev–Trinajstić information content (AvgIpc) is 2.97. The van der Waals surface area contributed by atoms with E-state index in [1.165, 1.54) is 17.9 Å². The third kappa shape index (κ3) is 3.36. The maximum absolute atomic E-state index is 12.2. The van der Waals surface area contributed by atoms with E-state index in [9.17, 15) is 9.59 Å². The first-order valence-electron chi connectivity index (χ1n) is 8.15. The second kappa shape index (κ2) is 6.59. The maximum atomic E-state index is 12.2. The minimum Gasteiger partial charge on any atom is -0.469 e. The SMILES string of the molecule is Cc1cc2oc(=O)cc(COC(=O)c3ccoc3C)c2cc1C(C)C. The van der Waals surface area contributed by atoms with E-state index in [0.717, 1.165) is 10.9 Å². The molecule has 0 atom stereocenters. The lowest BCUT2D eigenvalue weighted by atomic mass is 9.95. The Balaban J connectivity index is 1.97. The molecule has 0 saturated heterocycles. The predicted octanol–water partition coefficient (Wildman–Crippen LogP) is 4.48. The van der Waals surface area contributed by atoms with Crippen LogP contribution in [-0.2, 0) is 11.3 Å². The van der Waals surface area contributed by atoms with Crippen LogP contribution in [0.25, 0.3) is 11.0 Å². The number of carbonyl (C=O) groups is 1. The van der Waals surface area contributed by atoms with E-state index in [4.69, 9.17) is 13.6 Å². The molecule has 5 nitrogen and oxygen atoms in total. The molecular weight excluding hydrogens is 320 g/mol. The van der Waals surface area contributed by atoms with Gasteiger partial charge in [-0.2, -0.15) is 0 Å². The van der Waals surface area contributed by atoms with E-state index in [1.807, 2.05) is 19.1 Å². The van der Waals surface area contributed by atoms with Gasteiger partial charge in [0.05, 0.1) is 6.26 Å². The van der Waals surface area contributed by atoms with Crippen molar-refractivity contribution < 1.29 is 18.4 Å². The minimum atomic E-state index is -0.483. The van der Waals surface area contributed by atoms with Crippen molar-refractivity contribution in [3.63, 3.8) is 0 Å². The van der Waals surface area contributed by atoms with E-state index in [2.05, 4.69) is 13.8 Å². The first-order chi connectivity index (χ1) is 11.9. The van der Waals surface area contributed by atoms with Gasteiger partial charge in [0.2, 0.25) is 0 Å². The molecule has 2 heterocycles. The summed E-state index contributed by atoms with van der Waals surface area (Å²) in [5.41, 5.74) is 3.27. The van der Waals surface area contributed by atoms with Crippen LogP contribution in [0.4, 0.5) is 0 Å². The van der Waals surface area contributed by atoms with Crippen LogP contribution in [0, 0.1) is 13.8 Å². The van der Waals surface area contributed by atoms with Gasteiger partial charge in [0, 0.05) is 17.0 Å². The average molecular weight is 340 g/mol. The summed E-state index contributed by atoms with van der Waals surface area (Å²) in [7, 11) is 0. The highest BCUT2D eigenvalue weighted by Gasteiger charge is 2.16. The fourth-order valence-electron chi connectivity index (χ4n) is 2.95. The van der Waals surface area contributed by atoms with Gasteiger partial charge in [0.25, 0.3) is 0 Å². The Kier molecular flexibility index (Phi) is 4.49. The number of carbonyl (C=O) groups excluding carboxylic acids is 1. The van der Waals surface area contributed by atoms with Gasteiger partial charge >= 0.3 is 11.6 Å². The van der Waals surface area contributed by atoms with Crippen LogP contribution in [0.3, 0.4) is 0 Å². The summed E-state index contributed by atoms with van der Waals surface area (Å²) in [5.74, 6) is 0.351. The summed E-state index contributed by atoms with van der Waals surface area (Å²) in [6, 6.07) is 6.80. The molecular formula is C20H20O5. The van der Waals surface area contributed by atoms with E-state index in [1.54, 1.807) is 13.0 Å². The van der Waals surface area contributed by atoms with Gasteiger partial charge in [0.1, 0.15) is 23.5 Å². The van der Waals surface area contributed by atoms with Gasteiger partial charge in [-0.3, -0.25) is 0 Å². The van der Waals surface area contributed by atoms with Crippen molar-refractivity contribution in [2.24, 2.45) is 0 Å². The number of benzene rings is 1. The molecule has 0 fully saturated rings. The molecule has 0 saturated carbocycles. The molecule has 25 heavy (non-hydrogen) atoms. The van der Waals surface area contributed by atoms with Gasteiger partial charge in [-0.05, 0) is 49.1 Å². The Morgan fingerprint density at radius 3 is 2.60 bits per heavy atom. The molecule has 3 rings (SSSR count). The number of furan rings is 1. The molecule has 2 aromatic heterocycles. The lowest BCUT2D eigenvalue weighted by Gasteiger charge is -2.13. The first-order valence-corrected chi connectivity index (χ1v) is 8.15. The van der Waals surface area contributed by atoms with E-state index in [-0.39, 0.29) is 6.61 Å². The lowest BCUT2D eigenvalue weighted by Crippen LogP contribution is -2.08. The normalized spacial score (nSPS) is 11.2. The summed E-state index contributed by atoms with van der Waals surface area (Å²) in [6.45, 7) is 7.89. The molecule has 3 aromatic rings. The van der Waals surface area contributed by atoms with Gasteiger partial charge in [-0.25, -0.2) is 9.59 Å². The molecule has 5 heteroatoms. The molecule has 0 aliphatic heterocycles. The second-order valence-electron chi connectivity index (χ2n) is 6.42.